The van der Waals surface area contributed by atoms with Crippen molar-refractivity contribution in [3.05, 3.63) is 10.7 Å². The van der Waals surface area contributed by atoms with Crippen LogP contribution < -0.4 is 5.32 Å². The van der Waals surface area contributed by atoms with Crippen molar-refractivity contribution in [2.75, 3.05) is 0 Å². The molecule has 0 atom stereocenters. The van der Waals surface area contributed by atoms with Crippen LogP contribution in [0.1, 0.15) is 41.5 Å². The van der Waals surface area contributed by atoms with E-state index >= 15 is 0 Å². The van der Waals surface area contributed by atoms with Crippen molar-refractivity contribution in [2.45, 2.75) is 52.7 Å². The fourth-order valence-electron chi connectivity index (χ4n) is 0.869. The van der Waals surface area contributed by atoms with E-state index < -0.39 is 23.3 Å². The lowest BCUT2D eigenvalue weighted by atomic mass is 10.2. The van der Waals surface area contributed by atoms with E-state index in [0.29, 0.717) is 0 Å². The molecule has 104 valence electrons. The van der Waals surface area contributed by atoms with Crippen molar-refractivity contribution in [3.8, 4) is 0 Å². The second-order valence-electron chi connectivity index (χ2n) is 5.65. The standard InChI is InChI=1S/C12H20BrNO4/c1-11(2,3)17-9(15)8(7-13)14-10(16)18-12(4,5)6/h7H,1-6H3,(H,14,16)/b8-7-. The summed E-state index contributed by atoms with van der Waals surface area (Å²) in [5.41, 5.74) is -1.28. The molecular formula is C12H20BrNO4. The summed E-state index contributed by atoms with van der Waals surface area (Å²) in [7, 11) is 0. The fraction of sp³-hybridized carbons (Fsp3) is 0.667. The van der Waals surface area contributed by atoms with Crippen molar-refractivity contribution < 1.29 is 19.1 Å². The lowest BCUT2D eigenvalue weighted by Gasteiger charge is -2.22. The number of alkyl carbamates (subject to hydrolysis) is 1. The van der Waals surface area contributed by atoms with Crippen LogP contribution in [-0.4, -0.2) is 23.3 Å². The first-order valence-electron chi connectivity index (χ1n) is 5.48. The average Bonchev–Trinajstić information content (AvgIpc) is 2.07. The molecule has 0 aliphatic carbocycles. The lowest BCUT2D eigenvalue weighted by Crippen LogP contribution is -2.36. The Morgan fingerprint density at radius 3 is 1.78 bits per heavy atom. The van der Waals surface area contributed by atoms with Crippen LogP contribution in [0.15, 0.2) is 10.7 Å². The van der Waals surface area contributed by atoms with Crippen molar-refractivity contribution in [3.63, 3.8) is 0 Å². The van der Waals surface area contributed by atoms with E-state index in [4.69, 9.17) is 9.47 Å². The minimum Gasteiger partial charge on any atom is -0.455 e. The Bertz CT molecular complexity index is 350. The summed E-state index contributed by atoms with van der Waals surface area (Å²) in [6.07, 6.45) is -0.709. The van der Waals surface area contributed by atoms with Gasteiger partial charge in [-0.2, -0.15) is 0 Å². The Labute approximate surface area is 116 Å². The maximum absolute atomic E-state index is 11.7. The molecule has 0 rings (SSSR count). The normalized spacial score (nSPS) is 12.9. The Hall–Kier alpha value is -1.04. The van der Waals surface area contributed by atoms with Crippen molar-refractivity contribution >= 4 is 28.0 Å². The maximum atomic E-state index is 11.7. The number of hydrogen-bond donors (Lipinski definition) is 1. The molecule has 0 spiro atoms. The molecule has 0 aliphatic heterocycles. The van der Waals surface area contributed by atoms with E-state index in [0.717, 1.165) is 0 Å². The number of carbonyl (C=O) groups is 2. The van der Waals surface area contributed by atoms with E-state index in [1.807, 2.05) is 0 Å². The van der Waals surface area contributed by atoms with Gasteiger partial charge in [-0.15, -0.1) is 0 Å². The number of amides is 1. The van der Waals surface area contributed by atoms with Crippen molar-refractivity contribution in [1.29, 1.82) is 0 Å². The summed E-state index contributed by atoms with van der Waals surface area (Å²) < 4.78 is 10.1. The van der Waals surface area contributed by atoms with Crippen LogP contribution in [0.4, 0.5) is 4.79 Å². The summed E-state index contributed by atoms with van der Waals surface area (Å²) in [4.78, 5) is 24.5. The van der Waals surface area contributed by atoms with Crippen LogP contribution in [0.25, 0.3) is 0 Å². The molecule has 6 heteroatoms. The molecule has 0 aromatic heterocycles. The van der Waals surface area contributed by atoms with Gasteiger partial charge in [-0.1, -0.05) is 15.9 Å². The molecule has 0 heterocycles. The zero-order valence-corrected chi connectivity index (χ0v) is 13.2. The third-order valence-corrected chi connectivity index (χ3v) is 1.82. The largest absolute Gasteiger partial charge is 0.455 e. The van der Waals surface area contributed by atoms with Gasteiger partial charge in [-0.05, 0) is 41.5 Å². The third-order valence-electron chi connectivity index (χ3n) is 1.36. The van der Waals surface area contributed by atoms with Gasteiger partial charge in [0.2, 0.25) is 0 Å². The molecule has 0 aromatic rings. The smallest absolute Gasteiger partial charge is 0.412 e. The summed E-state index contributed by atoms with van der Waals surface area (Å²) >= 11 is 3.00. The lowest BCUT2D eigenvalue weighted by molar-refractivity contribution is -0.150. The summed E-state index contributed by atoms with van der Waals surface area (Å²) in [6.45, 7) is 10.4. The Balaban J connectivity index is 4.55. The van der Waals surface area contributed by atoms with Crippen LogP contribution >= 0.6 is 15.9 Å². The molecule has 0 aromatic carbocycles. The average molecular weight is 322 g/mol. The zero-order chi connectivity index (χ0) is 14.6. The Morgan fingerprint density at radius 1 is 1.00 bits per heavy atom. The minimum atomic E-state index is -0.709. The summed E-state index contributed by atoms with van der Waals surface area (Å²) in [5, 5.41) is 2.32. The molecule has 0 saturated carbocycles. The SMILES string of the molecule is CC(C)(C)OC(=O)N/C(=C\Br)C(=O)OC(C)(C)C. The van der Waals surface area contributed by atoms with Gasteiger partial charge < -0.3 is 9.47 Å². The zero-order valence-electron chi connectivity index (χ0n) is 11.6. The van der Waals surface area contributed by atoms with Gasteiger partial charge in [-0.3, -0.25) is 5.32 Å². The second kappa shape index (κ2) is 6.22. The Morgan fingerprint density at radius 2 is 1.44 bits per heavy atom. The number of carbonyl (C=O) groups excluding carboxylic acids is 2. The van der Waals surface area contributed by atoms with Crippen LogP contribution in [-0.2, 0) is 14.3 Å². The summed E-state index contributed by atoms with van der Waals surface area (Å²) in [5.74, 6) is -0.634. The number of hydrogen-bond acceptors (Lipinski definition) is 4. The molecule has 18 heavy (non-hydrogen) atoms. The van der Waals surface area contributed by atoms with Gasteiger partial charge in [0.25, 0.3) is 0 Å². The maximum Gasteiger partial charge on any atom is 0.412 e. The molecule has 0 aliphatic rings. The van der Waals surface area contributed by atoms with Crippen LogP contribution in [0, 0.1) is 0 Å². The molecule has 1 amide bonds. The number of esters is 1. The molecule has 0 fully saturated rings. The van der Waals surface area contributed by atoms with E-state index in [2.05, 4.69) is 21.2 Å². The van der Waals surface area contributed by atoms with Gasteiger partial charge in [0.05, 0.1) is 0 Å². The predicted molar refractivity (Wildman–Crippen MR) is 72.2 cm³/mol. The first kappa shape index (κ1) is 17.0. The van der Waals surface area contributed by atoms with E-state index in [1.165, 1.54) is 4.99 Å². The minimum absolute atomic E-state index is 0.0147. The molecule has 1 N–H and O–H groups in total. The number of ether oxygens (including phenoxy) is 2. The van der Waals surface area contributed by atoms with Crippen LogP contribution in [0.2, 0.25) is 0 Å². The molecule has 0 unspecified atom stereocenters. The highest BCUT2D eigenvalue weighted by Gasteiger charge is 2.23. The quantitative estimate of drug-likeness (QED) is 0.627. The first-order valence-corrected chi connectivity index (χ1v) is 6.40. The summed E-state index contributed by atoms with van der Waals surface area (Å²) in [6, 6.07) is 0. The van der Waals surface area contributed by atoms with Gasteiger partial charge in [0.1, 0.15) is 16.9 Å². The van der Waals surface area contributed by atoms with E-state index in [1.54, 1.807) is 41.5 Å². The molecule has 0 radical (unpaired) electrons. The van der Waals surface area contributed by atoms with Gasteiger partial charge in [0, 0.05) is 4.99 Å². The third kappa shape index (κ3) is 8.11. The van der Waals surface area contributed by atoms with Crippen LogP contribution in [0.5, 0.6) is 0 Å². The monoisotopic (exact) mass is 321 g/mol. The second-order valence-corrected chi connectivity index (χ2v) is 6.11. The highest BCUT2D eigenvalue weighted by Crippen LogP contribution is 2.12. The molecule has 0 saturated heterocycles. The van der Waals surface area contributed by atoms with Crippen molar-refractivity contribution in [2.24, 2.45) is 0 Å². The van der Waals surface area contributed by atoms with E-state index in [-0.39, 0.29) is 5.70 Å². The Kier molecular flexibility index (Phi) is 5.86. The predicted octanol–water partition coefficient (Wildman–Crippen LogP) is 3.09. The van der Waals surface area contributed by atoms with Crippen molar-refractivity contribution in [1.82, 2.24) is 5.32 Å². The highest BCUT2D eigenvalue weighted by molar-refractivity contribution is 9.11. The van der Waals surface area contributed by atoms with Gasteiger partial charge in [-0.25, -0.2) is 9.59 Å². The topological polar surface area (TPSA) is 64.6 Å². The van der Waals surface area contributed by atoms with Crippen LogP contribution in [0.3, 0.4) is 0 Å². The van der Waals surface area contributed by atoms with Gasteiger partial charge >= 0.3 is 12.1 Å². The van der Waals surface area contributed by atoms with E-state index in [9.17, 15) is 9.59 Å². The first-order chi connectivity index (χ1) is 7.94. The number of rotatable bonds is 2. The molecular weight excluding hydrogens is 302 g/mol. The fourth-order valence-corrected chi connectivity index (χ4v) is 1.17. The number of halogens is 1. The number of nitrogens with one attached hydrogen (secondary N) is 1. The highest BCUT2D eigenvalue weighted by atomic mass is 79.9. The molecule has 0 bridgehead atoms. The molecule has 5 nitrogen and oxygen atoms in total. The van der Waals surface area contributed by atoms with Gasteiger partial charge in [0.15, 0.2) is 0 Å².